The van der Waals surface area contributed by atoms with Crippen molar-refractivity contribution in [1.29, 1.82) is 0 Å². The van der Waals surface area contributed by atoms with Crippen LogP contribution in [0.5, 0.6) is 0 Å². The third kappa shape index (κ3) is 6.68. The average molecular weight is 868 g/mol. The zero-order valence-electron chi connectivity index (χ0n) is 36.9. The van der Waals surface area contributed by atoms with E-state index in [-0.39, 0.29) is 0 Å². The Morgan fingerprint density at radius 3 is 1.16 bits per heavy atom. The van der Waals surface area contributed by atoms with E-state index < -0.39 is 0 Å². The summed E-state index contributed by atoms with van der Waals surface area (Å²) in [5.41, 5.74) is 16.0. The van der Waals surface area contributed by atoms with E-state index in [9.17, 15) is 0 Å². The quantitative estimate of drug-likeness (QED) is 0.153. The third-order valence-corrected chi connectivity index (χ3v) is 13.2. The van der Waals surface area contributed by atoms with E-state index in [0.717, 1.165) is 83.5 Å². The van der Waals surface area contributed by atoms with Gasteiger partial charge in [-0.2, -0.15) is 0 Å². The fourth-order valence-corrected chi connectivity index (χ4v) is 10.0. The fourth-order valence-electron chi connectivity index (χ4n) is 10.0. The van der Waals surface area contributed by atoms with Crippen LogP contribution in [0.1, 0.15) is 0 Å². The van der Waals surface area contributed by atoms with E-state index in [1.807, 2.05) is 18.2 Å². The molecule has 0 fully saturated rings. The molecule has 0 saturated carbocycles. The van der Waals surface area contributed by atoms with E-state index >= 15 is 0 Å². The van der Waals surface area contributed by atoms with Crippen molar-refractivity contribution in [2.75, 3.05) is 0 Å². The second kappa shape index (κ2) is 16.4. The van der Waals surface area contributed by atoms with Gasteiger partial charge in [-0.1, -0.05) is 188 Å². The Morgan fingerprint density at radius 2 is 0.618 bits per heavy atom. The van der Waals surface area contributed by atoms with Crippen LogP contribution < -0.4 is 0 Å². The zero-order valence-corrected chi connectivity index (χ0v) is 36.9. The summed E-state index contributed by atoms with van der Waals surface area (Å²) < 4.78 is 4.77. The first kappa shape index (κ1) is 39.2. The summed E-state index contributed by atoms with van der Waals surface area (Å²) >= 11 is 0. The van der Waals surface area contributed by atoms with Gasteiger partial charge in [0.15, 0.2) is 17.5 Å². The molecule has 0 spiro atoms. The van der Waals surface area contributed by atoms with Crippen molar-refractivity contribution in [1.82, 2.24) is 24.1 Å². The molecule has 5 heteroatoms. The van der Waals surface area contributed by atoms with E-state index in [4.69, 9.17) is 15.0 Å². The number of aromatic nitrogens is 5. The molecule has 0 bridgehead atoms. The van der Waals surface area contributed by atoms with E-state index in [1.54, 1.807) is 0 Å². The molecule has 0 atom stereocenters. The predicted octanol–water partition coefficient (Wildman–Crippen LogP) is 16.1. The lowest BCUT2D eigenvalue weighted by molar-refractivity contribution is 1.06. The highest BCUT2D eigenvalue weighted by Gasteiger charge is 2.22. The molecule has 5 nitrogen and oxygen atoms in total. The van der Waals surface area contributed by atoms with Crippen molar-refractivity contribution < 1.29 is 0 Å². The molecule has 0 amide bonds. The lowest BCUT2D eigenvalue weighted by Gasteiger charge is -2.18. The Labute approximate surface area is 393 Å². The van der Waals surface area contributed by atoms with Crippen LogP contribution >= 0.6 is 0 Å². The summed E-state index contributed by atoms with van der Waals surface area (Å²) in [6, 6.07) is 88.2. The maximum Gasteiger partial charge on any atom is 0.166 e. The smallest absolute Gasteiger partial charge is 0.166 e. The molecule has 318 valence electrons. The molecule has 3 aromatic heterocycles. The maximum absolute atomic E-state index is 5.48. The first-order valence-electron chi connectivity index (χ1n) is 23.0. The zero-order chi connectivity index (χ0) is 45.0. The van der Waals surface area contributed by atoms with Crippen molar-refractivity contribution in [2.24, 2.45) is 0 Å². The van der Waals surface area contributed by atoms with Crippen LogP contribution in [0.3, 0.4) is 0 Å². The molecular weight excluding hydrogens is 827 g/mol. The number of hydrogen-bond acceptors (Lipinski definition) is 3. The number of fused-ring (bicyclic) bond motifs is 6. The summed E-state index contributed by atoms with van der Waals surface area (Å²) in [5.74, 6) is 1.78. The van der Waals surface area contributed by atoms with E-state index in [2.05, 4.69) is 240 Å². The fraction of sp³-hybridized carbons (Fsp3) is 0. The van der Waals surface area contributed by atoms with Gasteiger partial charge in [0.25, 0.3) is 0 Å². The molecule has 68 heavy (non-hydrogen) atoms. The van der Waals surface area contributed by atoms with Gasteiger partial charge in [-0.15, -0.1) is 0 Å². The lowest BCUT2D eigenvalue weighted by Crippen LogP contribution is -2.04. The summed E-state index contributed by atoms with van der Waals surface area (Å²) in [7, 11) is 0. The largest absolute Gasteiger partial charge is 0.309 e. The van der Waals surface area contributed by atoms with Crippen LogP contribution in [0.4, 0.5) is 0 Å². The van der Waals surface area contributed by atoms with Gasteiger partial charge in [0.2, 0.25) is 0 Å². The standard InChI is InChI=1S/C63H41N5/c1-4-19-42(20-5-1)45-25-18-26-47(39-45)54-40-48(36-38-59(54)67-55-31-14-10-27-49(55)50-28-11-15-32-56(50)67)62-64-61(44-23-8-3-9-24-44)65-63(66-62)53-37-35-46(43-21-6-2-7-22-43)41-60(53)68-57-33-16-12-29-51(57)52-30-13-17-34-58(52)68/h1-41H. The Hall–Kier alpha value is -9.19. The first-order chi connectivity index (χ1) is 33.7. The van der Waals surface area contributed by atoms with Crippen LogP contribution in [-0.4, -0.2) is 24.1 Å². The highest BCUT2D eigenvalue weighted by Crippen LogP contribution is 2.41. The van der Waals surface area contributed by atoms with Gasteiger partial charge in [-0.05, 0) is 88.5 Å². The number of para-hydroxylation sites is 4. The minimum absolute atomic E-state index is 0.586. The Morgan fingerprint density at radius 1 is 0.221 bits per heavy atom. The molecule has 10 aromatic carbocycles. The molecule has 0 saturated heterocycles. The third-order valence-electron chi connectivity index (χ3n) is 13.2. The molecule has 0 aliphatic heterocycles. The van der Waals surface area contributed by atoms with Crippen LogP contribution in [0, 0.1) is 0 Å². The van der Waals surface area contributed by atoms with Gasteiger partial charge < -0.3 is 9.13 Å². The topological polar surface area (TPSA) is 48.5 Å². The number of benzene rings is 10. The van der Waals surface area contributed by atoms with Crippen LogP contribution in [0.15, 0.2) is 249 Å². The van der Waals surface area contributed by atoms with Gasteiger partial charge in [0.1, 0.15) is 0 Å². The maximum atomic E-state index is 5.48. The van der Waals surface area contributed by atoms with Crippen molar-refractivity contribution >= 4 is 43.6 Å². The van der Waals surface area contributed by atoms with Gasteiger partial charge in [-0.3, -0.25) is 0 Å². The molecule has 0 N–H and O–H groups in total. The Balaban J connectivity index is 1.07. The summed E-state index contributed by atoms with van der Waals surface area (Å²) in [6.45, 7) is 0. The number of hydrogen-bond donors (Lipinski definition) is 0. The highest BCUT2D eigenvalue weighted by molar-refractivity contribution is 6.11. The van der Waals surface area contributed by atoms with Gasteiger partial charge in [0, 0.05) is 43.8 Å². The van der Waals surface area contributed by atoms with Crippen molar-refractivity contribution in [3.05, 3.63) is 249 Å². The van der Waals surface area contributed by atoms with Crippen molar-refractivity contribution in [2.45, 2.75) is 0 Å². The first-order valence-corrected chi connectivity index (χ1v) is 23.0. The van der Waals surface area contributed by atoms with Crippen molar-refractivity contribution in [3.8, 4) is 78.9 Å². The molecule has 0 aliphatic rings. The van der Waals surface area contributed by atoms with Crippen LogP contribution in [-0.2, 0) is 0 Å². The van der Waals surface area contributed by atoms with Gasteiger partial charge in [-0.25, -0.2) is 15.0 Å². The monoisotopic (exact) mass is 867 g/mol. The number of rotatable bonds is 8. The van der Waals surface area contributed by atoms with Crippen LogP contribution in [0.2, 0.25) is 0 Å². The summed E-state index contributed by atoms with van der Waals surface area (Å²) in [6.07, 6.45) is 0. The minimum Gasteiger partial charge on any atom is -0.309 e. The molecule has 3 heterocycles. The molecule has 0 radical (unpaired) electrons. The Bertz CT molecular complexity index is 3910. The van der Waals surface area contributed by atoms with E-state index in [1.165, 1.54) is 21.5 Å². The summed E-state index contributed by atoms with van der Waals surface area (Å²) in [5, 5.41) is 4.80. The van der Waals surface area contributed by atoms with Gasteiger partial charge in [0.05, 0.1) is 33.4 Å². The second-order valence-electron chi connectivity index (χ2n) is 17.2. The molecular formula is C63H41N5. The Kier molecular flexibility index (Phi) is 9.43. The summed E-state index contributed by atoms with van der Waals surface area (Å²) in [4.78, 5) is 16.1. The second-order valence-corrected chi connectivity index (χ2v) is 17.2. The highest BCUT2D eigenvalue weighted by atomic mass is 15.1. The molecule has 13 aromatic rings. The minimum atomic E-state index is 0.586. The molecule has 0 unspecified atom stereocenters. The number of nitrogens with zero attached hydrogens (tertiary/aromatic N) is 5. The van der Waals surface area contributed by atoms with E-state index in [0.29, 0.717) is 17.5 Å². The SMILES string of the molecule is c1ccc(-c2cccc(-c3cc(-c4nc(-c5ccccc5)nc(-c5ccc(-c6ccccc6)cc5-n5c6ccccc6c6ccccc65)n4)ccc3-n3c4ccccc4c4ccccc43)c2)cc1. The van der Waals surface area contributed by atoms with Crippen LogP contribution in [0.25, 0.3) is 123 Å². The molecule has 0 aliphatic carbocycles. The normalized spacial score (nSPS) is 11.5. The van der Waals surface area contributed by atoms with Gasteiger partial charge >= 0.3 is 0 Å². The van der Waals surface area contributed by atoms with Crippen molar-refractivity contribution in [3.63, 3.8) is 0 Å². The predicted molar refractivity (Wildman–Crippen MR) is 281 cm³/mol. The lowest BCUT2D eigenvalue weighted by atomic mass is 9.96. The molecule has 13 rings (SSSR count). The average Bonchev–Trinajstić information content (AvgIpc) is 3.94.